The summed E-state index contributed by atoms with van der Waals surface area (Å²) in [7, 11) is 0. The minimum absolute atomic E-state index is 0.0857. The molecule has 2 heteroatoms. The van der Waals surface area contributed by atoms with Crippen LogP contribution >= 0.6 is 0 Å². The highest BCUT2D eigenvalue weighted by Gasteiger charge is 2.16. The van der Waals surface area contributed by atoms with Gasteiger partial charge >= 0.3 is 0 Å². The highest BCUT2D eigenvalue weighted by Crippen LogP contribution is 2.21. The van der Waals surface area contributed by atoms with Gasteiger partial charge in [-0.3, -0.25) is 0 Å². The number of nitrogens with two attached hydrogens (primary N) is 1. The second kappa shape index (κ2) is 5.53. The van der Waals surface area contributed by atoms with Crippen LogP contribution in [0.25, 0.3) is 0 Å². The number of benzene rings is 1. The summed E-state index contributed by atoms with van der Waals surface area (Å²) in [6.45, 7) is 4.12. The molecule has 0 aromatic heterocycles. The van der Waals surface area contributed by atoms with E-state index in [0.29, 0.717) is 0 Å². The average molecular weight is 202 g/mol. The van der Waals surface area contributed by atoms with Crippen LogP contribution in [0.4, 0.5) is 0 Å². The number of nitriles is 1. The van der Waals surface area contributed by atoms with Crippen molar-refractivity contribution >= 4 is 0 Å². The predicted octanol–water partition coefficient (Wildman–Crippen LogP) is 2.80. The number of hydrogen-bond donors (Lipinski definition) is 1. The summed E-state index contributed by atoms with van der Waals surface area (Å²) in [5.41, 5.74) is 8.39. The molecule has 0 aliphatic rings. The van der Waals surface area contributed by atoms with Gasteiger partial charge in [-0.25, -0.2) is 0 Å². The van der Waals surface area contributed by atoms with E-state index in [9.17, 15) is 0 Å². The van der Waals surface area contributed by atoms with E-state index in [-0.39, 0.29) is 12.0 Å². The van der Waals surface area contributed by atoms with Crippen LogP contribution in [-0.4, -0.2) is 0 Å². The van der Waals surface area contributed by atoms with Crippen LogP contribution in [0.1, 0.15) is 37.4 Å². The Bertz CT molecular complexity index is 335. The van der Waals surface area contributed by atoms with E-state index in [2.05, 4.69) is 25.1 Å². The van der Waals surface area contributed by atoms with E-state index in [1.807, 2.05) is 19.1 Å². The van der Waals surface area contributed by atoms with E-state index in [0.717, 1.165) is 18.4 Å². The first kappa shape index (κ1) is 11.7. The van der Waals surface area contributed by atoms with Crippen molar-refractivity contribution in [1.29, 1.82) is 5.26 Å². The summed E-state index contributed by atoms with van der Waals surface area (Å²) in [6, 6.07) is 10.3. The predicted molar refractivity (Wildman–Crippen MR) is 62.1 cm³/mol. The lowest BCUT2D eigenvalue weighted by Gasteiger charge is -2.16. The van der Waals surface area contributed by atoms with Crippen molar-refractivity contribution in [2.75, 3.05) is 0 Å². The zero-order valence-corrected chi connectivity index (χ0v) is 9.40. The lowest BCUT2D eigenvalue weighted by Crippen LogP contribution is -2.19. The Hall–Kier alpha value is -1.33. The molecule has 0 aliphatic heterocycles. The Morgan fingerprint density at radius 2 is 1.87 bits per heavy atom. The third-order valence-corrected chi connectivity index (χ3v) is 2.81. The molecule has 2 atom stereocenters. The summed E-state index contributed by atoms with van der Waals surface area (Å²) in [4.78, 5) is 0. The number of aryl methyl sites for hydroxylation is 1. The quantitative estimate of drug-likeness (QED) is 0.816. The first-order chi connectivity index (χ1) is 7.22. The van der Waals surface area contributed by atoms with E-state index < -0.39 is 0 Å². The first-order valence-electron chi connectivity index (χ1n) is 5.47. The molecule has 0 heterocycles. The number of rotatable bonds is 4. The van der Waals surface area contributed by atoms with Crippen LogP contribution in [0, 0.1) is 17.2 Å². The van der Waals surface area contributed by atoms with Crippen LogP contribution in [0.15, 0.2) is 24.3 Å². The lowest BCUT2D eigenvalue weighted by molar-refractivity contribution is 0.517. The van der Waals surface area contributed by atoms with Crippen LogP contribution in [0.2, 0.25) is 0 Å². The Morgan fingerprint density at radius 1 is 1.27 bits per heavy atom. The maximum Gasteiger partial charge on any atom is 0.0675 e. The summed E-state index contributed by atoms with van der Waals surface area (Å²) in [5.74, 6) is -0.0857. The first-order valence-corrected chi connectivity index (χ1v) is 5.47. The molecule has 0 spiro atoms. The second-order valence-electron chi connectivity index (χ2n) is 3.76. The van der Waals surface area contributed by atoms with Gasteiger partial charge in [0, 0.05) is 6.04 Å². The van der Waals surface area contributed by atoms with Crippen molar-refractivity contribution in [3.05, 3.63) is 35.4 Å². The molecule has 0 saturated heterocycles. The van der Waals surface area contributed by atoms with Gasteiger partial charge in [0.2, 0.25) is 0 Å². The standard InChI is InChI=1S/C13H18N2/c1-3-10-5-7-12(8-6-10)13(15)11(4-2)9-14/h5-8,11,13H,3-4,15H2,1-2H3. The largest absolute Gasteiger partial charge is 0.323 e. The Kier molecular flexibility index (Phi) is 4.33. The Balaban J connectivity index is 2.82. The zero-order chi connectivity index (χ0) is 11.3. The molecule has 15 heavy (non-hydrogen) atoms. The van der Waals surface area contributed by atoms with Crippen molar-refractivity contribution in [3.63, 3.8) is 0 Å². The summed E-state index contributed by atoms with van der Waals surface area (Å²) < 4.78 is 0. The molecule has 2 unspecified atom stereocenters. The van der Waals surface area contributed by atoms with Crippen LogP contribution in [-0.2, 0) is 6.42 Å². The van der Waals surface area contributed by atoms with E-state index >= 15 is 0 Å². The SMILES string of the molecule is CCc1ccc(C(N)C(C#N)CC)cc1. The fraction of sp³-hybridized carbons (Fsp3) is 0.462. The fourth-order valence-electron chi connectivity index (χ4n) is 1.63. The number of nitrogens with zero attached hydrogens (tertiary/aromatic N) is 1. The van der Waals surface area contributed by atoms with E-state index in [1.54, 1.807) is 0 Å². The van der Waals surface area contributed by atoms with E-state index in [4.69, 9.17) is 11.0 Å². The molecule has 2 N–H and O–H groups in total. The summed E-state index contributed by atoms with van der Waals surface area (Å²) >= 11 is 0. The van der Waals surface area contributed by atoms with Gasteiger partial charge in [0.05, 0.1) is 12.0 Å². The van der Waals surface area contributed by atoms with Gasteiger partial charge in [-0.15, -0.1) is 0 Å². The van der Waals surface area contributed by atoms with Crippen LogP contribution in [0.3, 0.4) is 0 Å². The van der Waals surface area contributed by atoms with Gasteiger partial charge in [0.15, 0.2) is 0 Å². The molecule has 0 radical (unpaired) electrons. The molecular weight excluding hydrogens is 184 g/mol. The highest BCUT2D eigenvalue weighted by molar-refractivity contribution is 5.26. The molecule has 80 valence electrons. The summed E-state index contributed by atoms with van der Waals surface area (Å²) in [5, 5.41) is 8.93. The minimum atomic E-state index is -0.161. The van der Waals surface area contributed by atoms with Crippen molar-refractivity contribution in [1.82, 2.24) is 0 Å². The van der Waals surface area contributed by atoms with Crippen molar-refractivity contribution < 1.29 is 0 Å². The lowest BCUT2D eigenvalue weighted by atomic mass is 9.92. The molecule has 0 fully saturated rings. The molecule has 1 aromatic carbocycles. The maximum atomic E-state index is 8.93. The van der Waals surface area contributed by atoms with Gasteiger partial charge < -0.3 is 5.73 Å². The molecule has 0 aliphatic carbocycles. The normalized spacial score (nSPS) is 14.3. The fourth-order valence-corrected chi connectivity index (χ4v) is 1.63. The summed E-state index contributed by atoms with van der Waals surface area (Å²) in [6.07, 6.45) is 1.83. The molecule has 1 aromatic rings. The van der Waals surface area contributed by atoms with Crippen molar-refractivity contribution in [2.24, 2.45) is 11.7 Å². The minimum Gasteiger partial charge on any atom is -0.323 e. The molecule has 0 amide bonds. The topological polar surface area (TPSA) is 49.8 Å². The molecule has 1 rings (SSSR count). The average Bonchev–Trinajstić information content (AvgIpc) is 2.30. The molecular formula is C13H18N2. The molecule has 0 bridgehead atoms. The smallest absolute Gasteiger partial charge is 0.0675 e. The maximum absolute atomic E-state index is 8.93. The van der Waals surface area contributed by atoms with Gasteiger partial charge in [-0.05, 0) is 24.0 Å². The molecule has 0 saturated carbocycles. The van der Waals surface area contributed by atoms with Gasteiger partial charge in [-0.2, -0.15) is 5.26 Å². The van der Waals surface area contributed by atoms with Crippen molar-refractivity contribution in [3.8, 4) is 6.07 Å². The third kappa shape index (κ3) is 2.81. The van der Waals surface area contributed by atoms with Gasteiger partial charge in [0.1, 0.15) is 0 Å². The Labute approximate surface area is 91.7 Å². The zero-order valence-electron chi connectivity index (χ0n) is 9.40. The Morgan fingerprint density at radius 3 is 2.27 bits per heavy atom. The van der Waals surface area contributed by atoms with Gasteiger partial charge in [-0.1, -0.05) is 38.1 Å². The monoisotopic (exact) mass is 202 g/mol. The van der Waals surface area contributed by atoms with Crippen LogP contribution in [0.5, 0.6) is 0 Å². The van der Waals surface area contributed by atoms with Gasteiger partial charge in [0.25, 0.3) is 0 Å². The van der Waals surface area contributed by atoms with E-state index in [1.165, 1.54) is 5.56 Å². The highest BCUT2D eigenvalue weighted by atomic mass is 14.6. The molecule has 2 nitrogen and oxygen atoms in total. The second-order valence-corrected chi connectivity index (χ2v) is 3.76. The number of hydrogen-bond acceptors (Lipinski definition) is 2. The van der Waals surface area contributed by atoms with Crippen LogP contribution < -0.4 is 5.73 Å². The van der Waals surface area contributed by atoms with Crippen molar-refractivity contribution in [2.45, 2.75) is 32.7 Å². The third-order valence-electron chi connectivity index (χ3n) is 2.81.